The van der Waals surface area contributed by atoms with Gasteiger partial charge < -0.3 is 4.74 Å². The zero-order chi connectivity index (χ0) is 18.8. The molecular formula is C20H19N5O2. The van der Waals surface area contributed by atoms with E-state index in [1.54, 1.807) is 7.11 Å². The number of aliphatic imine (C=N–C) groups is 1. The number of fused-ring (bicyclic) bond motifs is 1. The number of nitrogens with zero attached hydrogens (tertiary/aromatic N) is 3. The van der Waals surface area contributed by atoms with Crippen LogP contribution in [0, 0.1) is 6.92 Å². The highest BCUT2D eigenvalue weighted by Gasteiger charge is 2.23. The number of hydrogen-bond donors (Lipinski definition) is 2. The van der Waals surface area contributed by atoms with Gasteiger partial charge in [0.15, 0.2) is 0 Å². The highest BCUT2D eigenvalue weighted by atomic mass is 16.5. The molecule has 1 aliphatic rings. The van der Waals surface area contributed by atoms with Crippen LogP contribution in [0.2, 0.25) is 0 Å². The number of methoxy groups -OCH3 is 1. The third-order valence-corrected chi connectivity index (χ3v) is 4.43. The minimum Gasteiger partial charge on any atom is -0.497 e. The number of hydrogen-bond acceptors (Lipinski definition) is 6. The average molecular weight is 361 g/mol. The summed E-state index contributed by atoms with van der Waals surface area (Å²) >= 11 is 0. The van der Waals surface area contributed by atoms with Gasteiger partial charge in [0.05, 0.1) is 30.8 Å². The number of rotatable bonds is 3. The molecule has 136 valence electrons. The van der Waals surface area contributed by atoms with Crippen LogP contribution in [0.25, 0.3) is 10.9 Å². The van der Waals surface area contributed by atoms with Gasteiger partial charge in [0.2, 0.25) is 17.8 Å². The lowest BCUT2D eigenvalue weighted by Gasteiger charge is -2.21. The first kappa shape index (κ1) is 17.0. The van der Waals surface area contributed by atoms with Gasteiger partial charge in [-0.3, -0.25) is 15.4 Å². The molecule has 1 aromatic heterocycles. The van der Waals surface area contributed by atoms with E-state index >= 15 is 0 Å². The molecule has 1 atom stereocenters. The topological polar surface area (TPSA) is 88.5 Å². The van der Waals surface area contributed by atoms with Gasteiger partial charge in [-0.1, -0.05) is 30.3 Å². The van der Waals surface area contributed by atoms with E-state index in [-0.39, 0.29) is 11.9 Å². The highest BCUT2D eigenvalue weighted by Crippen LogP contribution is 2.25. The molecule has 2 heterocycles. The monoisotopic (exact) mass is 361 g/mol. The molecule has 0 radical (unpaired) electrons. The molecule has 0 saturated heterocycles. The Morgan fingerprint density at radius 2 is 1.96 bits per heavy atom. The number of nitrogens with one attached hydrogen (secondary N) is 2. The molecule has 0 unspecified atom stereocenters. The zero-order valence-corrected chi connectivity index (χ0v) is 15.1. The standard InChI is InChI=1S/C20H19N5O2/c1-12-15-10-14(27-2)8-9-16(15)22-19(21-12)25-20-23-17(11-18(26)24-20)13-6-4-3-5-7-13/h3-10,17H,11H2,1-2H3,(H2,21,22,23,24,25,26)/t17-/m0/s1. The van der Waals surface area contributed by atoms with Crippen LogP contribution in [0.5, 0.6) is 5.75 Å². The summed E-state index contributed by atoms with van der Waals surface area (Å²) in [5.74, 6) is 1.40. The number of aryl methyl sites for hydroxylation is 1. The SMILES string of the molecule is COc1ccc2nc(NC3=N[C@H](c4ccccc4)CC(=O)N3)nc(C)c2c1. The minimum atomic E-state index is -0.228. The van der Waals surface area contributed by atoms with Crippen molar-refractivity contribution in [2.75, 3.05) is 12.4 Å². The second kappa shape index (κ2) is 7.03. The van der Waals surface area contributed by atoms with Crippen LogP contribution < -0.4 is 15.4 Å². The van der Waals surface area contributed by atoms with E-state index in [0.717, 1.165) is 27.9 Å². The molecule has 7 heteroatoms. The normalized spacial score (nSPS) is 16.6. The minimum absolute atomic E-state index is 0.0939. The van der Waals surface area contributed by atoms with E-state index < -0.39 is 0 Å². The molecule has 1 amide bonds. The molecule has 0 aliphatic carbocycles. The summed E-state index contributed by atoms with van der Waals surface area (Å²) < 4.78 is 5.26. The van der Waals surface area contributed by atoms with Gasteiger partial charge in [0.1, 0.15) is 5.75 Å². The lowest BCUT2D eigenvalue weighted by atomic mass is 10.0. The number of benzene rings is 2. The van der Waals surface area contributed by atoms with Gasteiger partial charge in [-0.25, -0.2) is 15.0 Å². The van der Waals surface area contributed by atoms with Crippen LogP contribution in [0.4, 0.5) is 5.95 Å². The number of guanidine groups is 1. The lowest BCUT2D eigenvalue weighted by molar-refractivity contribution is -0.120. The van der Waals surface area contributed by atoms with Gasteiger partial charge in [0.25, 0.3) is 0 Å². The first-order valence-electron chi connectivity index (χ1n) is 8.64. The molecule has 2 N–H and O–H groups in total. The Balaban J connectivity index is 1.64. The Morgan fingerprint density at radius 1 is 1.15 bits per heavy atom. The quantitative estimate of drug-likeness (QED) is 0.749. The van der Waals surface area contributed by atoms with E-state index in [1.165, 1.54) is 0 Å². The fourth-order valence-electron chi connectivity index (χ4n) is 3.07. The van der Waals surface area contributed by atoms with E-state index in [2.05, 4.69) is 25.6 Å². The first-order chi connectivity index (χ1) is 13.1. The van der Waals surface area contributed by atoms with Gasteiger partial charge in [-0.05, 0) is 30.7 Å². The average Bonchev–Trinajstić information content (AvgIpc) is 2.68. The van der Waals surface area contributed by atoms with E-state index in [1.807, 2.05) is 55.5 Å². The molecule has 7 nitrogen and oxygen atoms in total. The molecular weight excluding hydrogens is 342 g/mol. The summed E-state index contributed by atoms with van der Waals surface area (Å²) in [7, 11) is 1.63. The maximum absolute atomic E-state index is 12.1. The maximum Gasteiger partial charge on any atom is 0.230 e. The van der Waals surface area contributed by atoms with Crippen molar-refractivity contribution in [1.29, 1.82) is 0 Å². The predicted molar refractivity (Wildman–Crippen MR) is 104 cm³/mol. The fourth-order valence-corrected chi connectivity index (χ4v) is 3.07. The van der Waals surface area contributed by atoms with Gasteiger partial charge in [0, 0.05) is 5.39 Å². The Kier molecular flexibility index (Phi) is 4.42. The highest BCUT2D eigenvalue weighted by molar-refractivity contribution is 6.05. The van der Waals surface area contributed by atoms with Crippen LogP contribution in [-0.4, -0.2) is 28.9 Å². The molecule has 2 aromatic carbocycles. The smallest absolute Gasteiger partial charge is 0.230 e. The molecule has 1 aliphatic heterocycles. The molecule has 0 bridgehead atoms. The van der Waals surface area contributed by atoms with Crippen LogP contribution in [0.3, 0.4) is 0 Å². The summed E-state index contributed by atoms with van der Waals surface area (Å²) in [5.41, 5.74) is 2.59. The van der Waals surface area contributed by atoms with Crippen molar-refractivity contribution >= 4 is 28.7 Å². The summed E-state index contributed by atoms with van der Waals surface area (Å²) in [4.78, 5) is 25.7. The summed E-state index contributed by atoms with van der Waals surface area (Å²) in [6.07, 6.45) is 0.312. The third-order valence-electron chi connectivity index (χ3n) is 4.43. The lowest BCUT2D eigenvalue weighted by Crippen LogP contribution is -2.40. The molecule has 0 spiro atoms. The zero-order valence-electron chi connectivity index (χ0n) is 15.1. The number of carbonyl (C=O) groups is 1. The Hall–Kier alpha value is -3.48. The van der Waals surface area contributed by atoms with Crippen LogP contribution in [0.1, 0.15) is 23.7 Å². The van der Waals surface area contributed by atoms with Gasteiger partial charge in [-0.2, -0.15) is 0 Å². The number of aromatic nitrogens is 2. The third kappa shape index (κ3) is 3.57. The van der Waals surface area contributed by atoms with Crippen molar-refractivity contribution in [3.05, 3.63) is 59.8 Å². The van der Waals surface area contributed by atoms with E-state index in [4.69, 9.17) is 4.74 Å². The van der Waals surface area contributed by atoms with Crippen molar-refractivity contribution in [3.8, 4) is 5.75 Å². The maximum atomic E-state index is 12.1. The summed E-state index contributed by atoms with van der Waals surface area (Å²) in [5, 5.41) is 6.70. The predicted octanol–water partition coefficient (Wildman–Crippen LogP) is 2.98. The number of amides is 1. The second-order valence-corrected chi connectivity index (χ2v) is 6.30. The Labute approximate surface area is 156 Å². The number of carbonyl (C=O) groups excluding carboxylic acids is 1. The van der Waals surface area contributed by atoms with Crippen LogP contribution in [-0.2, 0) is 4.79 Å². The fraction of sp³-hybridized carbons (Fsp3) is 0.200. The molecule has 3 aromatic rings. The van der Waals surface area contributed by atoms with E-state index in [9.17, 15) is 4.79 Å². The molecule has 0 saturated carbocycles. The van der Waals surface area contributed by atoms with Crippen LogP contribution in [0.15, 0.2) is 53.5 Å². The molecule has 27 heavy (non-hydrogen) atoms. The van der Waals surface area contributed by atoms with Crippen molar-refractivity contribution in [1.82, 2.24) is 15.3 Å². The van der Waals surface area contributed by atoms with Crippen LogP contribution >= 0.6 is 0 Å². The molecule has 0 fully saturated rings. The first-order valence-corrected chi connectivity index (χ1v) is 8.64. The van der Waals surface area contributed by atoms with Crippen molar-refractivity contribution in [2.24, 2.45) is 4.99 Å². The Morgan fingerprint density at radius 3 is 2.74 bits per heavy atom. The Bertz CT molecular complexity index is 1030. The molecule has 4 rings (SSSR count). The van der Waals surface area contributed by atoms with E-state index in [0.29, 0.717) is 18.3 Å². The van der Waals surface area contributed by atoms with Gasteiger partial charge in [-0.15, -0.1) is 0 Å². The largest absolute Gasteiger partial charge is 0.497 e. The van der Waals surface area contributed by atoms with Crippen molar-refractivity contribution < 1.29 is 9.53 Å². The summed E-state index contributed by atoms with van der Waals surface area (Å²) in [6.45, 7) is 1.91. The second-order valence-electron chi connectivity index (χ2n) is 6.30. The number of ether oxygens (including phenoxy) is 1. The van der Waals surface area contributed by atoms with Crippen molar-refractivity contribution in [2.45, 2.75) is 19.4 Å². The van der Waals surface area contributed by atoms with Gasteiger partial charge >= 0.3 is 0 Å². The van der Waals surface area contributed by atoms with Crippen molar-refractivity contribution in [3.63, 3.8) is 0 Å². The summed E-state index contributed by atoms with van der Waals surface area (Å²) in [6, 6.07) is 15.2. The number of anilines is 1.